The number of methoxy groups -OCH3 is 2. The predicted octanol–water partition coefficient (Wildman–Crippen LogP) is 3.82. The van der Waals surface area contributed by atoms with Crippen LogP contribution >= 0.6 is 0 Å². The fraction of sp³-hybridized carbons (Fsp3) is 0.167. The van der Waals surface area contributed by atoms with Crippen molar-refractivity contribution in [3.63, 3.8) is 0 Å². The van der Waals surface area contributed by atoms with Crippen molar-refractivity contribution >= 4 is 16.8 Å². The van der Waals surface area contributed by atoms with Gasteiger partial charge in [0.05, 0.1) is 31.2 Å². The number of benzene rings is 3. The van der Waals surface area contributed by atoms with Crippen LogP contribution in [0.25, 0.3) is 22.0 Å². The number of nitrogens with one attached hydrogen (secondary N) is 2. The molecule has 0 spiro atoms. The second-order valence-electron chi connectivity index (χ2n) is 7.26. The van der Waals surface area contributed by atoms with Crippen LogP contribution in [0.4, 0.5) is 4.39 Å². The van der Waals surface area contributed by atoms with Crippen molar-refractivity contribution in [2.45, 2.75) is 6.04 Å². The van der Waals surface area contributed by atoms with Gasteiger partial charge in [0.1, 0.15) is 11.5 Å². The molecule has 0 fully saturated rings. The van der Waals surface area contributed by atoms with Crippen LogP contribution in [0.5, 0.6) is 11.5 Å². The van der Waals surface area contributed by atoms with Gasteiger partial charge in [0.25, 0.3) is 5.91 Å². The van der Waals surface area contributed by atoms with Gasteiger partial charge in [-0.25, -0.2) is 0 Å². The minimum atomic E-state index is -0.577. The minimum Gasteiger partial charge on any atom is -0.497 e. The quantitative estimate of drug-likeness (QED) is 0.410. The number of amides is 1. The zero-order valence-electron chi connectivity index (χ0n) is 17.7. The predicted molar refractivity (Wildman–Crippen MR) is 120 cm³/mol. The second kappa shape index (κ2) is 9.07. The Hall–Kier alpha value is -3.91. The van der Waals surface area contributed by atoms with Crippen molar-refractivity contribution in [2.24, 2.45) is 5.73 Å². The lowest BCUT2D eigenvalue weighted by Crippen LogP contribution is -2.33. The molecule has 0 radical (unpaired) electrons. The summed E-state index contributed by atoms with van der Waals surface area (Å²) in [6.07, 6.45) is 0. The van der Waals surface area contributed by atoms with Crippen LogP contribution in [-0.4, -0.2) is 36.9 Å². The van der Waals surface area contributed by atoms with Gasteiger partial charge in [-0.2, -0.15) is 4.39 Å². The fourth-order valence-electron chi connectivity index (χ4n) is 3.55. The summed E-state index contributed by atoms with van der Waals surface area (Å²) in [7, 11) is 3.11. The van der Waals surface area contributed by atoms with E-state index in [1.807, 2.05) is 30.3 Å². The Morgan fingerprint density at radius 3 is 2.62 bits per heavy atom. The van der Waals surface area contributed by atoms with E-state index in [2.05, 4.69) is 15.5 Å². The molecule has 1 heterocycles. The Morgan fingerprint density at radius 1 is 1.06 bits per heavy atom. The summed E-state index contributed by atoms with van der Waals surface area (Å²) in [6, 6.07) is 17.4. The van der Waals surface area contributed by atoms with Gasteiger partial charge in [0.15, 0.2) is 0 Å². The summed E-state index contributed by atoms with van der Waals surface area (Å²) in [6.45, 7) is 0.214. The van der Waals surface area contributed by atoms with Gasteiger partial charge in [0, 0.05) is 12.1 Å². The molecule has 7 nitrogen and oxygen atoms in total. The lowest BCUT2D eigenvalue weighted by molar-refractivity contribution is 0.0937. The van der Waals surface area contributed by atoms with Crippen molar-refractivity contribution in [1.29, 1.82) is 0 Å². The number of aromatic nitrogens is 2. The number of hydrogen-bond acceptors (Lipinski definition) is 5. The Labute approximate surface area is 184 Å². The molecule has 0 aliphatic carbocycles. The van der Waals surface area contributed by atoms with Gasteiger partial charge < -0.3 is 20.5 Å². The molecular weight excluding hydrogens is 411 g/mol. The van der Waals surface area contributed by atoms with Gasteiger partial charge in [-0.1, -0.05) is 18.2 Å². The highest BCUT2D eigenvalue weighted by molar-refractivity contribution is 5.96. The highest BCUT2D eigenvalue weighted by Crippen LogP contribution is 2.29. The zero-order valence-corrected chi connectivity index (χ0v) is 17.7. The number of rotatable bonds is 7. The van der Waals surface area contributed by atoms with Gasteiger partial charge >= 0.3 is 0 Å². The monoisotopic (exact) mass is 434 g/mol. The topological polar surface area (TPSA) is 102 Å². The summed E-state index contributed by atoms with van der Waals surface area (Å²) in [5.41, 5.74) is 9.20. The number of carbonyl (C=O) groups is 1. The van der Waals surface area contributed by atoms with Crippen LogP contribution < -0.4 is 20.5 Å². The fourth-order valence-corrected chi connectivity index (χ4v) is 3.55. The first-order valence-corrected chi connectivity index (χ1v) is 10.0. The standard InChI is InChI=1S/C24H23FN4O3/c1-31-18-5-3-4-15(9-18)22(13-26)27-24(30)17-8-16(10-19(11-17)32-2)14-6-7-21-20(12-14)23(25)29-28-21/h3-12,22H,13,26H2,1-2H3,(H,27,30)(H,28,29). The van der Waals surface area contributed by atoms with Crippen LogP contribution in [0.3, 0.4) is 0 Å². The van der Waals surface area contributed by atoms with E-state index in [4.69, 9.17) is 15.2 Å². The number of halogens is 1. The zero-order chi connectivity index (χ0) is 22.7. The second-order valence-corrected chi connectivity index (χ2v) is 7.26. The number of hydrogen-bond donors (Lipinski definition) is 3. The molecule has 4 rings (SSSR count). The number of carbonyl (C=O) groups excluding carboxylic acids is 1. The summed E-state index contributed by atoms with van der Waals surface area (Å²) in [5, 5.41) is 9.57. The van der Waals surface area contributed by atoms with Gasteiger partial charge in [-0.05, 0) is 59.2 Å². The maximum Gasteiger partial charge on any atom is 0.251 e. The molecule has 1 atom stereocenters. The molecule has 0 saturated heterocycles. The number of nitrogens with two attached hydrogens (primary N) is 1. The van der Waals surface area contributed by atoms with Gasteiger partial charge in [-0.15, -0.1) is 5.10 Å². The molecule has 4 aromatic rings. The van der Waals surface area contributed by atoms with E-state index >= 15 is 0 Å². The Bertz CT molecular complexity index is 1270. The third-order valence-electron chi connectivity index (χ3n) is 5.29. The van der Waals surface area contributed by atoms with Crippen LogP contribution in [-0.2, 0) is 0 Å². The maximum absolute atomic E-state index is 13.9. The molecule has 32 heavy (non-hydrogen) atoms. The van der Waals surface area contributed by atoms with Crippen molar-refractivity contribution in [3.8, 4) is 22.6 Å². The molecule has 1 unspecified atom stereocenters. The molecular formula is C24H23FN4O3. The van der Waals surface area contributed by atoms with E-state index in [1.54, 1.807) is 37.4 Å². The first-order valence-electron chi connectivity index (χ1n) is 10.0. The van der Waals surface area contributed by atoms with Crippen molar-refractivity contribution in [2.75, 3.05) is 20.8 Å². The van der Waals surface area contributed by atoms with E-state index in [0.29, 0.717) is 33.5 Å². The normalized spacial score (nSPS) is 11.9. The Morgan fingerprint density at radius 2 is 1.88 bits per heavy atom. The third-order valence-corrected chi connectivity index (χ3v) is 5.29. The molecule has 3 aromatic carbocycles. The van der Waals surface area contributed by atoms with E-state index in [-0.39, 0.29) is 12.5 Å². The van der Waals surface area contributed by atoms with Crippen LogP contribution in [0.15, 0.2) is 60.7 Å². The van der Waals surface area contributed by atoms with Crippen LogP contribution in [0, 0.1) is 5.95 Å². The number of fused-ring (bicyclic) bond motifs is 1. The van der Waals surface area contributed by atoms with E-state index in [1.165, 1.54) is 7.11 Å². The van der Waals surface area contributed by atoms with E-state index in [9.17, 15) is 9.18 Å². The average molecular weight is 434 g/mol. The third kappa shape index (κ3) is 4.26. The van der Waals surface area contributed by atoms with E-state index < -0.39 is 12.0 Å². The van der Waals surface area contributed by atoms with Gasteiger partial charge in [0.2, 0.25) is 5.95 Å². The number of ether oxygens (including phenoxy) is 2. The first-order chi connectivity index (χ1) is 15.5. The summed E-state index contributed by atoms with van der Waals surface area (Å²) in [5.74, 6) is 0.303. The largest absolute Gasteiger partial charge is 0.497 e. The smallest absolute Gasteiger partial charge is 0.251 e. The van der Waals surface area contributed by atoms with Gasteiger partial charge in [-0.3, -0.25) is 9.89 Å². The van der Waals surface area contributed by atoms with Crippen molar-refractivity contribution < 1.29 is 18.7 Å². The highest BCUT2D eigenvalue weighted by Gasteiger charge is 2.17. The molecule has 0 saturated carbocycles. The summed E-state index contributed by atoms with van der Waals surface area (Å²) >= 11 is 0. The van der Waals surface area contributed by atoms with E-state index in [0.717, 1.165) is 11.1 Å². The number of nitrogens with zero attached hydrogens (tertiary/aromatic N) is 1. The highest BCUT2D eigenvalue weighted by atomic mass is 19.1. The lowest BCUT2D eigenvalue weighted by Gasteiger charge is -2.19. The Kier molecular flexibility index (Phi) is 6.04. The van der Waals surface area contributed by atoms with Crippen LogP contribution in [0.1, 0.15) is 22.0 Å². The molecule has 0 bridgehead atoms. The molecule has 4 N–H and O–H groups in total. The molecule has 164 valence electrons. The molecule has 0 aliphatic rings. The SMILES string of the molecule is COc1cc(C(=O)NC(CN)c2cccc(OC)c2)cc(-c2ccc3[nH]nc(F)c3c2)c1. The molecule has 1 aromatic heterocycles. The van der Waals surface area contributed by atoms with Crippen molar-refractivity contribution in [1.82, 2.24) is 15.5 Å². The summed E-state index contributed by atoms with van der Waals surface area (Å²) in [4.78, 5) is 13.1. The van der Waals surface area contributed by atoms with Crippen LogP contribution in [0.2, 0.25) is 0 Å². The lowest BCUT2D eigenvalue weighted by atomic mass is 10.00. The molecule has 0 aliphatic heterocycles. The number of aromatic amines is 1. The first kappa shape index (κ1) is 21.3. The Balaban J connectivity index is 1.66. The number of H-pyrrole nitrogens is 1. The molecule has 1 amide bonds. The average Bonchev–Trinajstić information content (AvgIpc) is 3.22. The summed E-state index contributed by atoms with van der Waals surface area (Å²) < 4.78 is 24.6. The van der Waals surface area contributed by atoms with Crippen molar-refractivity contribution in [3.05, 3.63) is 77.7 Å². The molecule has 8 heteroatoms. The minimum absolute atomic E-state index is 0.214. The maximum atomic E-state index is 13.9.